The van der Waals surface area contributed by atoms with E-state index in [1.165, 1.54) is 12.8 Å². The summed E-state index contributed by atoms with van der Waals surface area (Å²) in [5, 5.41) is 0. The smallest absolute Gasteiger partial charge is 0.163 e. The molecule has 0 spiro atoms. The lowest BCUT2D eigenvalue weighted by atomic mass is 9.73. The van der Waals surface area contributed by atoms with Crippen LogP contribution in [0.1, 0.15) is 12.8 Å². The fourth-order valence-electron chi connectivity index (χ4n) is 0.622. The Kier molecular flexibility index (Phi) is 1.19. The van der Waals surface area contributed by atoms with E-state index in [1.54, 1.807) is 0 Å². The zero-order chi connectivity index (χ0) is 4.57. The van der Waals surface area contributed by atoms with Gasteiger partial charge in [0.15, 0.2) is 6.43 Å². The molecule has 1 saturated carbocycles. The Morgan fingerprint density at radius 2 is 2.17 bits per heavy atom. The molecule has 0 N–H and O–H groups in total. The quantitative estimate of drug-likeness (QED) is 0.347. The molecule has 1 rings (SSSR count). The second-order valence-corrected chi connectivity index (χ2v) is 3.25. The van der Waals surface area contributed by atoms with E-state index in [-0.39, 0.29) is 0 Å². The monoisotopic (exact) mass is 100 g/mol. The predicted octanol–water partition coefficient (Wildman–Crippen LogP) is 1.65. The Labute approximate surface area is 41.9 Å². The van der Waals surface area contributed by atoms with Crippen LogP contribution in [0.15, 0.2) is 0 Å². The molecule has 0 aliphatic heterocycles. The molecule has 1 aliphatic carbocycles. The molecule has 0 aromatic carbocycles. The van der Waals surface area contributed by atoms with Crippen molar-refractivity contribution < 1.29 is 0 Å². The Hall–Kier alpha value is 0.495. The molecule has 0 saturated heterocycles. The van der Waals surface area contributed by atoms with Gasteiger partial charge in [-0.15, -0.1) is 0 Å². The molecular weight excluding hydrogens is 89.8 g/mol. The van der Waals surface area contributed by atoms with E-state index in [9.17, 15) is 0 Å². The third-order valence-electron chi connectivity index (χ3n) is 1.37. The number of rotatable bonds is 1. The molecule has 0 bridgehead atoms. The molecule has 34 valence electrons. The first-order valence-corrected chi connectivity index (χ1v) is 3.23. The number of hydrogen-bond donors (Lipinski definition) is 0. The van der Waals surface area contributed by atoms with Crippen LogP contribution in [-0.2, 0) is 0 Å². The summed E-state index contributed by atoms with van der Waals surface area (Å²) in [4.78, 5) is 0. The van der Waals surface area contributed by atoms with Gasteiger partial charge in [0, 0.05) is 0 Å². The van der Waals surface area contributed by atoms with E-state index in [0.29, 0.717) is 0 Å². The molecule has 6 heavy (non-hydrogen) atoms. The van der Waals surface area contributed by atoms with E-state index in [1.807, 2.05) is 0 Å². The zero-order valence-corrected chi connectivity index (χ0v) is 5.30. The summed E-state index contributed by atoms with van der Waals surface area (Å²) in [5.74, 6) is 1.06. The van der Waals surface area contributed by atoms with Gasteiger partial charge in [-0.3, -0.25) is 0 Å². The largest absolute Gasteiger partial charge is 0.171 e. The molecule has 1 atom stereocenters. The maximum Gasteiger partial charge on any atom is 0.163 e. The van der Waals surface area contributed by atoms with E-state index in [0.717, 1.165) is 12.2 Å². The normalized spacial score (nSPS) is 21.0. The molecule has 1 aliphatic rings. The van der Waals surface area contributed by atoms with Gasteiger partial charge in [0.1, 0.15) is 0 Å². The van der Waals surface area contributed by atoms with E-state index >= 15 is 0 Å². The highest BCUT2D eigenvalue weighted by molar-refractivity contribution is 7.62. The van der Waals surface area contributed by atoms with Gasteiger partial charge in [0.2, 0.25) is 0 Å². The molecule has 1 unspecified atom stereocenters. The standard InChI is InChI=1S/C4H10BP/c1-5(6)4-2-3-4/h4H,2-3,6H2,1H3. The fraction of sp³-hybridized carbons (Fsp3) is 1.00. The van der Waals surface area contributed by atoms with Crippen LogP contribution in [0.5, 0.6) is 0 Å². The topological polar surface area (TPSA) is 0 Å². The van der Waals surface area contributed by atoms with Crippen molar-refractivity contribution in [3.8, 4) is 0 Å². The first-order valence-electron chi connectivity index (χ1n) is 2.56. The Balaban J connectivity index is 2.13. The predicted molar refractivity (Wildman–Crippen MR) is 34.3 cm³/mol. The summed E-state index contributed by atoms with van der Waals surface area (Å²) in [7, 11) is 2.84. The SMILES string of the molecule is CB(P)C1CC1. The van der Waals surface area contributed by atoms with Gasteiger partial charge >= 0.3 is 0 Å². The highest BCUT2D eigenvalue weighted by Gasteiger charge is 2.26. The van der Waals surface area contributed by atoms with Crippen molar-refractivity contribution in [3.05, 3.63) is 0 Å². The minimum Gasteiger partial charge on any atom is -0.171 e. The van der Waals surface area contributed by atoms with Crippen LogP contribution < -0.4 is 0 Å². The van der Waals surface area contributed by atoms with Crippen molar-refractivity contribution in [1.82, 2.24) is 0 Å². The van der Waals surface area contributed by atoms with Crippen LogP contribution in [0.2, 0.25) is 12.6 Å². The average Bonchev–Trinajstić information content (AvgIpc) is 2.06. The van der Waals surface area contributed by atoms with Crippen LogP contribution in [0, 0.1) is 0 Å². The lowest BCUT2D eigenvalue weighted by molar-refractivity contribution is 1.43. The summed E-state index contributed by atoms with van der Waals surface area (Å²) in [6.07, 6.45) is 3.83. The van der Waals surface area contributed by atoms with E-state index in [4.69, 9.17) is 0 Å². The van der Waals surface area contributed by atoms with Crippen molar-refractivity contribution in [2.24, 2.45) is 0 Å². The highest BCUT2D eigenvalue weighted by Crippen LogP contribution is 2.40. The van der Waals surface area contributed by atoms with Gasteiger partial charge in [-0.1, -0.05) is 25.5 Å². The van der Waals surface area contributed by atoms with Crippen LogP contribution in [-0.4, -0.2) is 6.43 Å². The summed E-state index contributed by atoms with van der Waals surface area (Å²) < 4.78 is 0. The van der Waals surface area contributed by atoms with Crippen molar-refractivity contribution in [3.63, 3.8) is 0 Å². The van der Waals surface area contributed by atoms with E-state index < -0.39 is 0 Å². The molecule has 0 aromatic heterocycles. The van der Waals surface area contributed by atoms with Gasteiger partial charge in [-0.05, 0) is 0 Å². The van der Waals surface area contributed by atoms with Crippen LogP contribution in [0.25, 0.3) is 0 Å². The maximum absolute atomic E-state index is 2.84. The van der Waals surface area contributed by atoms with Crippen molar-refractivity contribution in [1.29, 1.82) is 0 Å². The highest BCUT2D eigenvalue weighted by atomic mass is 31.0. The van der Waals surface area contributed by atoms with Gasteiger partial charge < -0.3 is 0 Å². The molecule has 0 amide bonds. The third kappa shape index (κ3) is 0.977. The molecule has 2 heteroatoms. The van der Waals surface area contributed by atoms with Gasteiger partial charge in [-0.25, -0.2) is 0 Å². The first kappa shape index (κ1) is 4.65. The van der Waals surface area contributed by atoms with Gasteiger partial charge in [0.25, 0.3) is 0 Å². The second kappa shape index (κ2) is 1.54. The first-order chi connectivity index (χ1) is 2.80. The van der Waals surface area contributed by atoms with Gasteiger partial charge in [0.05, 0.1) is 0 Å². The summed E-state index contributed by atoms with van der Waals surface area (Å²) in [6.45, 7) is 2.27. The van der Waals surface area contributed by atoms with Crippen molar-refractivity contribution in [2.45, 2.75) is 25.5 Å². The van der Waals surface area contributed by atoms with E-state index in [2.05, 4.69) is 15.9 Å². The van der Waals surface area contributed by atoms with Crippen LogP contribution >= 0.6 is 9.12 Å². The molecule has 0 nitrogen and oxygen atoms in total. The maximum atomic E-state index is 2.84. The third-order valence-corrected chi connectivity index (χ3v) is 1.91. The lowest BCUT2D eigenvalue weighted by Gasteiger charge is -1.88. The van der Waals surface area contributed by atoms with Crippen molar-refractivity contribution in [2.75, 3.05) is 0 Å². The lowest BCUT2D eigenvalue weighted by Crippen LogP contribution is -1.90. The fourth-order valence-corrected chi connectivity index (χ4v) is 1.01. The summed E-state index contributed by atoms with van der Waals surface area (Å²) in [6, 6.07) is 0. The molecular formula is C4H10BP. The second-order valence-electron chi connectivity index (χ2n) is 2.20. The molecule has 0 aromatic rings. The molecule has 0 heterocycles. The van der Waals surface area contributed by atoms with Gasteiger partial charge in [-0.2, -0.15) is 9.12 Å². The van der Waals surface area contributed by atoms with Crippen LogP contribution in [0.4, 0.5) is 0 Å². The Morgan fingerprint density at radius 1 is 1.67 bits per heavy atom. The zero-order valence-electron chi connectivity index (χ0n) is 4.15. The minimum atomic E-state index is 0.880. The Morgan fingerprint density at radius 3 is 2.17 bits per heavy atom. The molecule has 1 fully saturated rings. The van der Waals surface area contributed by atoms with Crippen LogP contribution in [0.3, 0.4) is 0 Å². The average molecular weight is 99.9 g/mol. The number of hydrogen-bond acceptors (Lipinski definition) is 0. The minimum absolute atomic E-state index is 0.880. The van der Waals surface area contributed by atoms with Crippen molar-refractivity contribution >= 4 is 15.6 Å². The summed E-state index contributed by atoms with van der Waals surface area (Å²) in [5.41, 5.74) is 0. The Bertz CT molecular complexity index is 49.5. The summed E-state index contributed by atoms with van der Waals surface area (Å²) >= 11 is 0. The molecule has 0 radical (unpaired) electrons.